The Labute approximate surface area is 242 Å². The number of urea groups is 1. The number of hydrogen-bond acceptors (Lipinski definition) is 4. The molecule has 1 aliphatic heterocycles. The molecule has 3 rings (SSSR count). The van der Waals surface area contributed by atoms with Crippen molar-refractivity contribution in [1.29, 1.82) is 0 Å². The molecule has 11 heteroatoms. The largest absolute Gasteiger partial charge is 0.334 e. The Hall–Kier alpha value is -2.69. The van der Waals surface area contributed by atoms with E-state index in [1.165, 1.54) is 40.7 Å². The lowest BCUT2D eigenvalue weighted by Crippen LogP contribution is -2.54. The van der Waals surface area contributed by atoms with Gasteiger partial charge in [-0.25, -0.2) is 17.6 Å². The summed E-state index contributed by atoms with van der Waals surface area (Å²) in [7, 11) is -3.97. The van der Waals surface area contributed by atoms with Gasteiger partial charge in [-0.3, -0.25) is 4.79 Å². The third kappa shape index (κ3) is 8.91. The number of piperidine rings is 1. The Balaban J connectivity index is 1.84. The molecule has 0 radical (unpaired) electrons. The molecule has 1 aliphatic rings. The molecule has 0 atom stereocenters. The first kappa shape index (κ1) is 31.8. The number of sulfonamides is 1. The van der Waals surface area contributed by atoms with Gasteiger partial charge in [-0.2, -0.15) is 4.31 Å². The second kappa shape index (κ2) is 13.3. The maximum absolute atomic E-state index is 13.9. The maximum atomic E-state index is 13.9. The molecule has 0 aromatic heterocycles. The summed E-state index contributed by atoms with van der Waals surface area (Å²) in [5.41, 5.74) is 0.368. The number of carbonyl (C=O) groups is 2. The van der Waals surface area contributed by atoms with E-state index >= 15 is 0 Å². The predicted octanol–water partition coefficient (Wildman–Crippen LogP) is 5.13. The Morgan fingerprint density at radius 3 is 2.15 bits per heavy atom. The number of benzene rings is 2. The molecule has 1 fully saturated rings. The van der Waals surface area contributed by atoms with Crippen molar-refractivity contribution in [3.63, 3.8) is 0 Å². The van der Waals surface area contributed by atoms with Gasteiger partial charge in [0.25, 0.3) is 0 Å². The fourth-order valence-corrected chi connectivity index (χ4v) is 6.32. The third-order valence-corrected chi connectivity index (χ3v) is 8.67. The number of halogens is 2. The Kier molecular flexibility index (Phi) is 10.6. The minimum atomic E-state index is -3.97. The molecule has 3 amide bonds. The minimum absolute atomic E-state index is 0.0232. The first-order chi connectivity index (χ1) is 18.7. The van der Waals surface area contributed by atoms with Crippen LogP contribution in [0.15, 0.2) is 53.4 Å². The number of nitrogens with one attached hydrogen (secondary N) is 1. The van der Waals surface area contributed by atoms with Gasteiger partial charge >= 0.3 is 6.03 Å². The number of nitrogens with zero attached hydrogens (tertiary/aromatic N) is 3. The number of carbonyl (C=O) groups excluding carboxylic acids is 2. The quantitative estimate of drug-likeness (QED) is 0.436. The SMILES string of the molecule is CC(C)CN(CC(=O)N(Cc1ccc(F)cc1)C1CCN(C(=O)NC(C)(C)C)CC1)S(=O)(=O)c1ccc(Cl)cc1. The van der Waals surface area contributed by atoms with Crippen LogP contribution in [0, 0.1) is 11.7 Å². The summed E-state index contributed by atoms with van der Waals surface area (Å²) in [5, 5.41) is 3.39. The average molecular weight is 595 g/mol. The fraction of sp³-hybridized carbons (Fsp3) is 0.517. The lowest BCUT2D eigenvalue weighted by Gasteiger charge is -2.40. The first-order valence-corrected chi connectivity index (χ1v) is 15.3. The van der Waals surface area contributed by atoms with Gasteiger partial charge in [0.1, 0.15) is 5.82 Å². The molecule has 1 N–H and O–H groups in total. The van der Waals surface area contributed by atoms with E-state index in [1.807, 2.05) is 34.6 Å². The number of rotatable bonds is 9. The van der Waals surface area contributed by atoms with Crippen molar-refractivity contribution in [1.82, 2.24) is 19.4 Å². The summed E-state index contributed by atoms with van der Waals surface area (Å²) in [5.74, 6) is -0.748. The third-order valence-electron chi connectivity index (χ3n) is 6.59. The number of amides is 3. The molecule has 220 valence electrons. The van der Waals surface area contributed by atoms with Crippen molar-refractivity contribution in [2.75, 3.05) is 26.2 Å². The monoisotopic (exact) mass is 594 g/mol. The minimum Gasteiger partial charge on any atom is -0.334 e. The molecular formula is C29H40ClFN4O4S. The van der Waals surface area contributed by atoms with Crippen LogP contribution in [0.1, 0.15) is 53.0 Å². The molecule has 0 bridgehead atoms. The average Bonchev–Trinajstić information content (AvgIpc) is 2.87. The summed E-state index contributed by atoms with van der Waals surface area (Å²) >= 11 is 5.96. The summed E-state index contributed by atoms with van der Waals surface area (Å²) < 4.78 is 41.9. The second-order valence-electron chi connectivity index (χ2n) is 11.7. The van der Waals surface area contributed by atoms with E-state index in [4.69, 9.17) is 11.6 Å². The molecule has 0 unspecified atom stereocenters. The van der Waals surface area contributed by atoms with Crippen molar-refractivity contribution >= 4 is 33.6 Å². The zero-order valence-electron chi connectivity index (χ0n) is 23.9. The summed E-state index contributed by atoms with van der Waals surface area (Å²) in [6, 6.07) is 11.4. The van der Waals surface area contributed by atoms with Gasteiger partial charge in [-0.15, -0.1) is 0 Å². The van der Waals surface area contributed by atoms with Gasteiger partial charge < -0.3 is 15.1 Å². The molecular weight excluding hydrogens is 555 g/mol. The van der Waals surface area contributed by atoms with Crippen molar-refractivity contribution in [3.8, 4) is 0 Å². The smallest absolute Gasteiger partial charge is 0.317 e. The topological polar surface area (TPSA) is 90.0 Å². The Bertz CT molecular complexity index is 1260. The van der Waals surface area contributed by atoms with Crippen LogP contribution in [-0.4, -0.2) is 72.2 Å². The Morgan fingerprint density at radius 2 is 1.62 bits per heavy atom. The van der Waals surface area contributed by atoms with Crippen molar-refractivity contribution < 1.29 is 22.4 Å². The molecule has 2 aromatic rings. The highest BCUT2D eigenvalue weighted by Crippen LogP contribution is 2.23. The van der Waals surface area contributed by atoms with E-state index in [9.17, 15) is 22.4 Å². The van der Waals surface area contributed by atoms with Gasteiger partial charge in [0.2, 0.25) is 15.9 Å². The fourth-order valence-electron chi connectivity index (χ4n) is 4.64. The van der Waals surface area contributed by atoms with Gasteiger partial charge in [0.05, 0.1) is 11.4 Å². The second-order valence-corrected chi connectivity index (χ2v) is 14.1. The van der Waals surface area contributed by atoms with E-state index in [1.54, 1.807) is 21.9 Å². The Morgan fingerprint density at radius 1 is 1.05 bits per heavy atom. The first-order valence-electron chi connectivity index (χ1n) is 13.5. The van der Waals surface area contributed by atoms with Crippen molar-refractivity contribution in [2.24, 2.45) is 5.92 Å². The molecule has 0 saturated carbocycles. The summed E-state index contributed by atoms with van der Waals surface area (Å²) in [6.45, 7) is 10.5. The lowest BCUT2D eigenvalue weighted by atomic mass is 10.0. The lowest BCUT2D eigenvalue weighted by molar-refractivity contribution is -0.135. The number of likely N-dealkylation sites (tertiary alicyclic amines) is 1. The van der Waals surface area contributed by atoms with Crippen LogP contribution < -0.4 is 5.32 Å². The van der Waals surface area contributed by atoms with Crippen LogP contribution in [0.3, 0.4) is 0 Å². The van der Waals surface area contributed by atoms with Crippen LogP contribution in [0.5, 0.6) is 0 Å². The maximum Gasteiger partial charge on any atom is 0.317 e. The predicted molar refractivity (Wildman–Crippen MR) is 155 cm³/mol. The number of hydrogen-bond donors (Lipinski definition) is 1. The zero-order chi connectivity index (χ0) is 29.7. The van der Waals surface area contributed by atoms with E-state index in [2.05, 4.69) is 5.32 Å². The molecule has 0 aliphatic carbocycles. The van der Waals surface area contributed by atoms with Gasteiger partial charge in [0, 0.05) is 42.8 Å². The van der Waals surface area contributed by atoms with Gasteiger partial charge in [-0.05, 0) is 81.5 Å². The molecule has 1 heterocycles. The molecule has 2 aromatic carbocycles. The van der Waals surface area contributed by atoms with Crippen LogP contribution >= 0.6 is 11.6 Å². The highest BCUT2D eigenvalue weighted by atomic mass is 35.5. The van der Waals surface area contributed by atoms with Crippen LogP contribution in [0.2, 0.25) is 5.02 Å². The van der Waals surface area contributed by atoms with Crippen molar-refractivity contribution in [2.45, 2.75) is 70.5 Å². The van der Waals surface area contributed by atoms with Crippen LogP contribution in [-0.2, 0) is 21.4 Å². The van der Waals surface area contributed by atoms with E-state index < -0.39 is 10.0 Å². The standard InChI is InChI=1S/C29H40ClFN4O4S/c1-21(2)18-34(40(38,39)26-12-8-23(30)9-13-26)20-27(36)35(19-22-6-10-24(31)11-7-22)25-14-16-33(17-15-25)28(37)32-29(3,4)5/h6-13,21,25H,14-20H2,1-5H3,(H,32,37). The molecule has 1 saturated heterocycles. The highest BCUT2D eigenvalue weighted by Gasteiger charge is 2.34. The molecule has 0 spiro atoms. The molecule has 8 nitrogen and oxygen atoms in total. The van der Waals surface area contributed by atoms with E-state index in [0.717, 1.165) is 5.56 Å². The van der Waals surface area contributed by atoms with Gasteiger partial charge in [-0.1, -0.05) is 37.6 Å². The summed E-state index contributed by atoms with van der Waals surface area (Å²) in [6.07, 6.45) is 1.08. The van der Waals surface area contributed by atoms with Crippen LogP contribution in [0.25, 0.3) is 0 Å². The van der Waals surface area contributed by atoms with Gasteiger partial charge in [0.15, 0.2) is 0 Å². The van der Waals surface area contributed by atoms with E-state index in [0.29, 0.717) is 31.0 Å². The highest BCUT2D eigenvalue weighted by molar-refractivity contribution is 7.89. The zero-order valence-corrected chi connectivity index (χ0v) is 25.4. The molecule has 40 heavy (non-hydrogen) atoms. The van der Waals surface area contributed by atoms with Crippen LogP contribution in [0.4, 0.5) is 9.18 Å². The van der Waals surface area contributed by atoms with Crippen molar-refractivity contribution in [3.05, 3.63) is 64.9 Å². The summed E-state index contributed by atoms with van der Waals surface area (Å²) in [4.78, 5) is 30.0. The van der Waals surface area contributed by atoms with E-state index in [-0.39, 0.29) is 59.8 Å². The normalized spacial score (nSPS) is 15.0.